The van der Waals surface area contributed by atoms with Crippen LogP contribution in [0, 0.1) is 0 Å². The average molecular weight is 246 g/mol. The minimum atomic E-state index is 0.0715. The van der Waals surface area contributed by atoms with Gasteiger partial charge in [0, 0.05) is 37.3 Å². The first kappa shape index (κ1) is 12.6. The topological polar surface area (TPSA) is 41.6 Å². The number of rotatable bonds is 3. The van der Waals surface area contributed by atoms with Crippen molar-refractivity contribution in [3.8, 4) is 5.75 Å². The maximum absolute atomic E-state index is 12.3. The van der Waals surface area contributed by atoms with Gasteiger partial charge in [-0.25, -0.2) is 0 Å². The molecule has 1 heterocycles. The molecule has 0 bridgehead atoms. The number of ether oxygens (including phenoxy) is 1. The molecule has 18 heavy (non-hydrogen) atoms. The third-order valence-electron chi connectivity index (χ3n) is 3.10. The van der Waals surface area contributed by atoms with Gasteiger partial charge in [-0.05, 0) is 18.2 Å². The molecule has 1 amide bonds. The van der Waals surface area contributed by atoms with Gasteiger partial charge < -0.3 is 15.0 Å². The molecule has 0 atom stereocenters. The van der Waals surface area contributed by atoms with Crippen molar-refractivity contribution < 1.29 is 9.53 Å². The summed E-state index contributed by atoms with van der Waals surface area (Å²) in [6, 6.07) is 5.44. The molecule has 0 radical (unpaired) electrons. The number of nitrogens with one attached hydrogen (secondary N) is 1. The SMILES string of the molecule is C=Cc1cc(C(=O)N2CCNCC2)ccc1OC. The van der Waals surface area contributed by atoms with Crippen LogP contribution in [-0.4, -0.2) is 44.1 Å². The molecule has 1 fully saturated rings. The van der Waals surface area contributed by atoms with Gasteiger partial charge in [0.05, 0.1) is 7.11 Å². The van der Waals surface area contributed by atoms with Crippen molar-refractivity contribution in [2.75, 3.05) is 33.3 Å². The molecule has 0 unspecified atom stereocenters. The summed E-state index contributed by atoms with van der Waals surface area (Å²) < 4.78 is 5.21. The lowest BCUT2D eigenvalue weighted by Gasteiger charge is -2.27. The number of methoxy groups -OCH3 is 1. The van der Waals surface area contributed by atoms with Crippen LogP contribution >= 0.6 is 0 Å². The van der Waals surface area contributed by atoms with Crippen LogP contribution in [-0.2, 0) is 0 Å². The molecule has 1 aromatic rings. The Morgan fingerprint density at radius 1 is 1.44 bits per heavy atom. The average Bonchev–Trinajstić information content (AvgIpc) is 2.46. The maximum Gasteiger partial charge on any atom is 0.253 e. The van der Waals surface area contributed by atoms with Crippen LogP contribution in [0.2, 0.25) is 0 Å². The first-order chi connectivity index (χ1) is 8.76. The number of hydrogen-bond acceptors (Lipinski definition) is 3. The number of carbonyl (C=O) groups is 1. The summed E-state index contributed by atoms with van der Waals surface area (Å²) in [6.45, 7) is 6.97. The summed E-state index contributed by atoms with van der Waals surface area (Å²) in [5, 5.41) is 3.23. The van der Waals surface area contributed by atoms with Crippen molar-refractivity contribution in [3.05, 3.63) is 35.9 Å². The van der Waals surface area contributed by atoms with Crippen LogP contribution in [0.1, 0.15) is 15.9 Å². The Morgan fingerprint density at radius 3 is 2.78 bits per heavy atom. The summed E-state index contributed by atoms with van der Waals surface area (Å²) in [4.78, 5) is 14.2. The Morgan fingerprint density at radius 2 is 2.17 bits per heavy atom. The fourth-order valence-corrected chi connectivity index (χ4v) is 2.08. The van der Waals surface area contributed by atoms with Crippen molar-refractivity contribution in [2.45, 2.75) is 0 Å². The zero-order valence-electron chi connectivity index (χ0n) is 10.6. The second-order valence-corrected chi connectivity index (χ2v) is 4.20. The zero-order chi connectivity index (χ0) is 13.0. The first-order valence-corrected chi connectivity index (χ1v) is 6.06. The predicted molar refractivity (Wildman–Crippen MR) is 71.9 cm³/mol. The van der Waals surface area contributed by atoms with E-state index in [-0.39, 0.29) is 5.91 Å². The minimum Gasteiger partial charge on any atom is -0.496 e. The van der Waals surface area contributed by atoms with E-state index in [1.54, 1.807) is 19.3 Å². The molecule has 1 N–H and O–H groups in total. The fourth-order valence-electron chi connectivity index (χ4n) is 2.08. The van der Waals surface area contributed by atoms with E-state index in [9.17, 15) is 4.79 Å². The first-order valence-electron chi connectivity index (χ1n) is 6.06. The summed E-state index contributed by atoms with van der Waals surface area (Å²) >= 11 is 0. The van der Waals surface area contributed by atoms with E-state index in [1.807, 2.05) is 17.0 Å². The Kier molecular flexibility index (Phi) is 3.99. The highest BCUT2D eigenvalue weighted by molar-refractivity contribution is 5.95. The summed E-state index contributed by atoms with van der Waals surface area (Å²) in [7, 11) is 1.61. The van der Waals surface area contributed by atoms with Crippen molar-refractivity contribution in [3.63, 3.8) is 0 Å². The monoisotopic (exact) mass is 246 g/mol. The van der Waals surface area contributed by atoms with Gasteiger partial charge in [0.2, 0.25) is 0 Å². The van der Waals surface area contributed by atoms with Crippen molar-refractivity contribution in [2.24, 2.45) is 0 Å². The summed E-state index contributed by atoms with van der Waals surface area (Å²) in [5.41, 5.74) is 1.53. The van der Waals surface area contributed by atoms with E-state index in [0.29, 0.717) is 5.56 Å². The van der Waals surface area contributed by atoms with E-state index in [0.717, 1.165) is 37.5 Å². The highest BCUT2D eigenvalue weighted by Gasteiger charge is 2.18. The molecule has 4 heteroatoms. The lowest BCUT2D eigenvalue weighted by Crippen LogP contribution is -2.46. The van der Waals surface area contributed by atoms with Crippen LogP contribution in [0.15, 0.2) is 24.8 Å². The van der Waals surface area contributed by atoms with Crippen molar-refractivity contribution >= 4 is 12.0 Å². The van der Waals surface area contributed by atoms with E-state index >= 15 is 0 Å². The molecule has 0 saturated carbocycles. The van der Waals surface area contributed by atoms with Gasteiger partial charge in [-0.1, -0.05) is 12.7 Å². The molecule has 1 aliphatic heterocycles. The van der Waals surface area contributed by atoms with E-state index in [1.165, 1.54) is 0 Å². The smallest absolute Gasteiger partial charge is 0.253 e. The largest absolute Gasteiger partial charge is 0.496 e. The van der Waals surface area contributed by atoms with E-state index in [2.05, 4.69) is 11.9 Å². The van der Waals surface area contributed by atoms with Gasteiger partial charge in [0.25, 0.3) is 5.91 Å². The quantitative estimate of drug-likeness (QED) is 0.876. The zero-order valence-corrected chi connectivity index (χ0v) is 10.6. The molecule has 1 aromatic carbocycles. The fraction of sp³-hybridized carbons (Fsp3) is 0.357. The van der Waals surface area contributed by atoms with Gasteiger partial charge in [-0.15, -0.1) is 0 Å². The minimum absolute atomic E-state index is 0.0715. The molecular formula is C14H18N2O2. The normalized spacial score (nSPS) is 15.3. The Labute approximate surface area is 107 Å². The van der Waals surface area contributed by atoms with Crippen LogP contribution in [0.25, 0.3) is 6.08 Å². The number of hydrogen-bond donors (Lipinski definition) is 1. The van der Waals surface area contributed by atoms with Gasteiger partial charge >= 0.3 is 0 Å². The molecule has 1 aliphatic rings. The number of piperazine rings is 1. The van der Waals surface area contributed by atoms with Crippen LogP contribution < -0.4 is 10.1 Å². The number of nitrogens with zero attached hydrogens (tertiary/aromatic N) is 1. The van der Waals surface area contributed by atoms with Gasteiger partial charge in [0.1, 0.15) is 5.75 Å². The molecule has 96 valence electrons. The second-order valence-electron chi connectivity index (χ2n) is 4.20. The summed E-state index contributed by atoms with van der Waals surface area (Å²) in [6.07, 6.45) is 1.70. The van der Waals surface area contributed by atoms with Crippen molar-refractivity contribution in [1.29, 1.82) is 0 Å². The molecule has 4 nitrogen and oxygen atoms in total. The number of amides is 1. The van der Waals surface area contributed by atoms with Crippen LogP contribution in [0.5, 0.6) is 5.75 Å². The standard InChI is InChI=1S/C14H18N2O2/c1-3-11-10-12(4-5-13(11)18-2)14(17)16-8-6-15-7-9-16/h3-5,10,15H,1,6-9H2,2H3. The number of carbonyl (C=O) groups excluding carboxylic acids is 1. The molecule has 0 aromatic heterocycles. The molecule has 2 rings (SSSR count). The Hall–Kier alpha value is -1.81. The van der Waals surface area contributed by atoms with Gasteiger partial charge in [-0.3, -0.25) is 4.79 Å². The summed E-state index contributed by atoms with van der Waals surface area (Å²) in [5.74, 6) is 0.809. The van der Waals surface area contributed by atoms with E-state index in [4.69, 9.17) is 4.74 Å². The molecule has 0 aliphatic carbocycles. The Bertz CT molecular complexity index is 451. The third-order valence-corrected chi connectivity index (χ3v) is 3.10. The van der Waals surface area contributed by atoms with Gasteiger partial charge in [-0.2, -0.15) is 0 Å². The lowest BCUT2D eigenvalue weighted by molar-refractivity contribution is 0.0736. The maximum atomic E-state index is 12.3. The Balaban J connectivity index is 2.22. The van der Waals surface area contributed by atoms with Crippen molar-refractivity contribution in [1.82, 2.24) is 10.2 Å². The van der Waals surface area contributed by atoms with E-state index < -0.39 is 0 Å². The third kappa shape index (κ3) is 2.54. The lowest BCUT2D eigenvalue weighted by atomic mass is 10.1. The highest BCUT2D eigenvalue weighted by atomic mass is 16.5. The molecule has 1 saturated heterocycles. The van der Waals surface area contributed by atoms with Gasteiger partial charge in [0.15, 0.2) is 0 Å². The molecule has 0 spiro atoms. The van der Waals surface area contributed by atoms with Crippen LogP contribution in [0.4, 0.5) is 0 Å². The highest BCUT2D eigenvalue weighted by Crippen LogP contribution is 2.21. The number of benzene rings is 1. The predicted octanol–water partition coefficient (Wildman–Crippen LogP) is 1.38. The molecular weight excluding hydrogens is 228 g/mol. The van der Waals surface area contributed by atoms with Crippen LogP contribution in [0.3, 0.4) is 0 Å². The second kappa shape index (κ2) is 5.69.